The van der Waals surface area contributed by atoms with Crippen LogP contribution < -0.4 is 0 Å². The quantitative estimate of drug-likeness (QED) is 0.869. The molecule has 0 aromatic carbocycles. The minimum atomic E-state index is -1.03. The highest BCUT2D eigenvalue weighted by molar-refractivity contribution is 6.07. The van der Waals surface area contributed by atoms with Crippen molar-refractivity contribution in [3.05, 3.63) is 23.0 Å². The van der Waals surface area contributed by atoms with Crippen LogP contribution in [0.4, 0.5) is 0 Å². The third kappa shape index (κ3) is 3.01. The molecule has 2 rings (SSSR count). The Morgan fingerprint density at radius 2 is 2.10 bits per heavy atom. The summed E-state index contributed by atoms with van der Waals surface area (Å²) in [5.41, 5.74) is 2.33. The molecule has 0 saturated carbocycles. The van der Waals surface area contributed by atoms with Gasteiger partial charge in [-0.1, -0.05) is 6.92 Å². The number of rotatable bonds is 5. The maximum absolute atomic E-state index is 12.7. The summed E-state index contributed by atoms with van der Waals surface area (Å²) in [6.45, 7) is 5.57. The van der Waals surface area contributed by atoms with E-state index < -0.39 is 5.97 Å². The lowest BCUT2D eigenvalue weighted by molar-refractivity contribution is -0.137. The number of nitrogens with one attached hydrogen (secondary N) is 1. The molecule has 7 heteroatoms. The van der Waals surface area contributed by atoms with Crippen LogP contribution in [0.5, 0.6) is 0 Å². The molecule has 0 atom stereocenters. The number of H-pyrrole nitrogens is 1. The molecule has 0 aliphatic carbocycles. The Labute approximate surface area is 122 Å². The van der Waals surface area contributed by atoms with Gasteiger partial charge in [-0.3, -0.25) is 14.7 Å². The van der Waals surface area contributed by atoms with Gasteiger partial charge in [-0.05, 0) is 26.3 Å². The highest BCUT2D eigenvalue weighted by Crippen LogP contribution is 2.21. The van der Waals surface area contributed by atoms with Gasteiger partial charge < -0.3 is 10.0 Å². The molecular weight excluding hydrogens is 272 g/mol. The summed E-state index contributed by atoms with van der Waals surface area (Å²) in [5, 5.41) is 16.5. The summed E-state index contributed by atoms with van der Waals surface area (Å²) in [5.74, 6) is -1.33. The van der Waals surface area contributed by atoms with Crippen molar-refractivity contribution in [3.63, 3.8) is 0 Å². The van der Waals surface area contributed by atoms with Gasteiger partial charge in [-0.2, -0.15) is 5.10 Å². The van der Waals surface area contributed by atoms with Gasteiger partial charge in [0.25, 0.3) is 5.91 Å². The molecule has 21 heavy (non-hydrogen) atoms. The van der Waals surface area contributed by atoms with Crippen LogP contribution in [-0.2, 0) is 4.79 Å². The first kappa shape index (κ1) is 15.0. The van der Waals surface area contributed by atoms with Gasteiger partial charge in [0, 0.05) is 17.9 Å². The molecule has 0 radical (unpaired) electrons. The SMILES string of the molecule is CCCN(CC(=O)O)C(=O)c1cc(C)nc2n[nH]c(C)c12. The van der Waals surface area contributed by atoms with Crippen LogP contribution in [0, 0.1) is 13.8 Å². The first-order chi connectivity index (χ1) is 9.93. The average molecular weight is 290 g/mol. The van der Waals surface area contributed by atoms with E-state index in [9.17, 15) is 9.59 Å². The minimum Gasteiger partial charge on any atom is -0.480 e. The summed E-state index contributed by atoms with van der Waals surface area (Å²) in [4.78, 5) is 29.2. The second-order valence-electron chi connectivity index (χ2n) is 4.98. The zero-order valence-corrected chi connectivity index (χ0v) is 12.3. The third-order valence-electron chi connectivity index (χ3n) is 3.17. The van der Waals surface area contributed by atoms with Crippen LogP contribution in [0.3, 0.4) is 0 Å². The summed E-state index contributed by atoms with van der Waals surface area (Å²) < 4.78 is 0. The maximum atomic E-state index is 12.7. The molecule has 7 nitrogen and oxygen atoms in total. The van der Waals surface area contributed by atoms with Crippen LogP contribution in [0.15, 0.2) is 6.07 Å². The fraction of sp³-hybridized carbons (Fsp3) is 0.429. The third-order valence-corrected chi connectivity index (χ3v) is 3.17. The lowest BCUT2D eigenvalue weighted by atomic mass is 10.1. The Morgan fingerprint density at radius 1 is 1.38 bits per heavy atom. The number of hydrogen-bond donors (Lipinski definition) is 2. The number of fused-ring (bicyclic) bond motifs is 1. The second-order valence-corrected chi connectivity index (χ2v) is 4.98. The second kappa shape index (κ2) is 5.90. The van der Waals surface area contributed by atoms with Crippen molar-refractivity contribution in [3.8, 4) is 0 Å². The van der Waals surface area contributed by atoms with E-state index in [1.807, 2.05) is 13.8 Å². The molecule has 0 spiro atoms. The molecule has 0 aliphatic heterocycles. The normalized spacial score (nSPS) is 10.8. The number of aromatic amines is 1. The number of amides is 1. The number of carbonyl (C=O) groups is 2. The minimum absolute atomic E-state index is 0.306. The monoisotopic (exact) mass is 290 g/mol. The average Bonchev–Trinajstić information content (AvgIpc) is 2.77. The van der Waals surface area contributed by atoms with Gasteiger partial charge in [0.1, 0.15) is 6.54 Å². The molecule has 1 amide bonds. The summed E-state index contributed by atoms with van der Waals surface area (Å²) in [7, 11) is 0. The lowest BCUT2D eigenvalue weighted by Crippen LogP contribution is -2.36. The van der Waals surface area contributed by atoms with Crippen molar-refractivity contribution in [2.24, 2.45) is 0 Å². The highest BCUT2D eigenvalue weighted by atomic mass is 16.4. The Kier molecular flexibility index (Phi) is 4.21. The zero-order chi connectivity index (χ0) is 15.6. The molecule has 0 fully saturated rings. The van der Waals surface area contributed by atoms with E-state index >= 15 is 0 Å². The van der Waals surface area contributed by atoms with E-state index in [0.29, 0.717) is 35.3 Å². The first-order valence-corrected chi connectivity index (χ1v) is 6.77. The van der Waals surface area contributed by atoms with Crippen LogP contribution in [-0.4, -0.2) is 50.2 Å². The largest absolute Gasteiger partial charge is 0.480 e. The first-order valence-electron chi connectivity index (χ1n) is 6.77. The van der Waals surface area contributed by atoms with Gasteiger partial charge in [-0.15, -0.1) is 0 Å². The molecule has 112 valence electrons. The Bertz CT molecular complexity index is 693. The van der Waals surface area contributed by atoms with Crippen LogP contribution in [0.2, 0.25) is 0 Å². The van der Waals surface area contributed by atoms with E-state index in [2.05, 4.69) is 15.2 Å². The standard InChI is InChI=1S/C14H18N4O3/c1-4-5-18(7-11(19)20)14(21)10-6-8(2)15-13-12(10)9(3)16-17-13/h6H,4-5,7H2,1-3H3,(H,19,20)(H,15,16,17). The number of nitrogens with zero attached hydrogens (tertiary/aromatic N) is 3. The van der Waals surface area contributed by atoms with Crippen molar-refractivity contribution >= 4 is 22.9 Å². The topological polar surface area (TPSA) is 99.2 Å². The van der Waals surface area contributed by atoms with Gasteiger partial charge in [0.2, 0.25) is 0 Å². The number of hydrogen-bond acceptors (Lipinski definition) is 4. The van der Waals surface area contributed by atoms with Crippen LogP contribution in [0.1, 0.15) is 35.1 Å². The lowest BCUT2D eigenvalue weighted by Gasteiger charge is -2.20. The number of pyridine rings is 1. The Hall–Kier alpha value is -2.44. The van der Waals surface area contributed by atoms with Crippen molar-refractivity contribution in [1.82, 2.24) is 20.1 Å². The zero-order valence-electron chi connectivity index (χ0n) is 12.3. The predicted octanol–water partition coefficient (Wildman–Crippen LogP) is 1.51. The molecule has 2 heterocycles. The maximum Gasteiger partial charge on any atom is 0.323 e. The fourth-order valence-electron chi connectivity index (χ4n) is 2.32. The number of carboxylic acid groups (broad SMARTS) is 1. The van der Waals surface area contributed by atoms with Crippen molar-refractivity contribution < 1.29 is 14.7 Å². The molecule has 0 bridgehead atoms. The number of aromatic nitrogens is 3. The van der Waals surface area contributed by atoms with Gasteiger partial charge in [0.15, 0.2) is 5.65 Å². The van der Waals surface area contributed by atoms with Crippen molar-refractivity contribution in [2.45, 2.75) is 27.2 Å². The molecule has 2 N–H and O–H groups in total. The fourth-order valence-corrected chi connectivity index (χ4v) is 2.32. The van der Waals surface area contributed by atoms with E-state index in [4.69, 9.17) is 5.11 Å². The number of aryl methyl sites for hydroxylation is 2. The van der Waals surface area contributed by atoms with Gasteiger partial charge >= 0.3 is 5.97 Å². The molecule has 2 aromatic rings. The van der Waals surface area contributed by atoms with Crippen molar-refractivity contribution in [1.29, 1.82) is 0 Å². The number of aliphatic carboxylic acids is 1. The molecule has 0 aliphatic rings. The van der Waals surface area contributed by atoms with Crippen LogP contribution in [0.25, 0.3) is 11.0 Å². The van der Waals surface area contributed by atoms with E-state index in [-0.39, 0.29) is 12.5 Å². The molecular formula is C14H18N4O3. The van der Waals surface area contributed by atoms with Gasteiger partial charge in [-0.25, -0.2) is 4.98 Å². The summed E-state index contributed by atoms with van der Waals surface area (Å²) >= 11 is 0. The van der Waals surface area contributed by atoms with E-state index in [0.717, 1.165) is 5.69 Å². The molecule has 2 aromatic heterocycles. The number of carbonyl (C=O) groups excluding carboxylic acids is 1. The van der Waals surface area contributed by atoms with E-state index in [1.165, 1.54) is 4.90 Å². The van der Waals surface area contributed by atoms with Crippen LogP contribution >= 0.6 is 0 Å². The number of carboxylic acids is 1. The molecule has 0 saturated heterocycles. The smallest absolute Gasteiger partial charge is 0.323 e. The summed E-state index contributed by atoms with van der Waals surface area (Å²) in [6.07, 6.45) is 0.691. The van der Waals surface area contributed by atoms with E-state index in [1.54, 1.807) is 13.0 Å². The Morgan fingerprint density at radius 3 is 2.71 bits per heavy atom. The predicted molar refractivity (Wildman–Crippen MR) is 77.2 cm³/mol. The molecule has 0 unspecified atom stereocenters. The highest BCUT2D eigenvalue weighted by Gasteiger charge is 2.22. The van der Waals surface area contributed by atoms with Crippen molar-refractivity contribution in [2.75, 3.05) is 13.1 Å². The van der Waals surface area contributed by atoms with Gasteiger partial charge in [0.05, 0.1) is 10.9 Å². The Balaban J connectivity index is 2.50. The summed E-state index contributed by atoms with van der Waals surface area (Å²) in [6, 6.07) is 1.68.